The third-order valence-electron chi connectivity index (χ3n) is 4.97. The van der Waals surface area contributed by atoms with Crippen molar-refractivity contribution in [3.05, 3.63) is 48.0 Å². The number of para-hydroxylation sites is 2. The van der Waals surface area contributed by atoms with E-state index >= 15 is 0 Å². The molecule has 3 heterocycles. The van der Waals surface area contributed by atoms with E-state index in [1.54, 1.807) is 57.3 Å². The molecule has 0 unspecified atom stereocenters. The molecule has 2 amide bonds. The molecule has 0 saturated heterocycles. The van der Waals surface area contributed by atoms with E-state index < -0.39 is 23.5 Å². The van der Waals surface area contributed by atoms with Crippen molar-refractivity contribution in [3.63, 3.8) is 0 Å². The van der Waals surface area contributed by atoms with Crippen LogP contribution in [0.2, 0.25) is 0 Å². The predicted octanol–water partition coefficient (Wildman–Crippen LogP) is 1.74. The molecule has 1 aliphatic heterocycles. The Morgan fingerprint density at radius 3 is 2.67 bits per heavy atom. The van der Waals surface area contributed by atoms with Gasteiger partial charge in [0, 0.05) is 11.9 Å². The first-order valence-electron chi connectivity index (χ1n) is 9.34. The van der Waals surface area contributed by atoms with Gasteiger partial charge >= 0.3 is 5.97 Å². The summed E-state index contributed by atoms with van der Waals surface area (Å²) in [6.07, 6.45) is 0.387. The first-order chi connectivity index (χ1) is 14.2. The van der Waals surface area contributed by atoms with Crippen LogP contribution >= 0.6 is 0 Å². The Morgan fingerprint density at radius 1 is 1.20 bits per heavy atom. The quantitative estimate of drug-likeness (QED) is 0.656. The number of amides is 2. The number of aromatic nitrogens is 4. The van der Waals surface area contributed by atoms with E-state index in [-0.39, 0.29) is 17.5 Å². The second-order valence-corrected chi connectivity index (χ2v) is 7.48. The summed E-state index contributed by atoms with van der Waals surface area (Å²) in [5.41, 5.74) is 0.611. The van der Waals surface area contributed by atoms with E-state index in [1.807, 2.05) is 0 Å². The van der Waals surface area contributed by atoms with E-state index in [9.17, 15) is 14.4 Å². The second kappa shape index (κ2) is 6.90. The minimum absolute atomic E-state index is 0.201. The zero-order valence-electron chi connectivity index (χ0n) is 16.9. The van der Waals surface area contributed by atoms with Crippen molar-refractivity contribution in [1.82, 2.24) is 19.6 Å². The van der Waals surface area contributed by atoms with Crippen LogP contribution in [0, 0.1) is 6.92 Å². The minimum atomic E-state index is -1.17. The molecule has 1 atom stereocenters. The smallest absolute Gasteiger partial charge is 0.379 e. The van der Waals surface area contributed by atoms with Crippen molar-refractivity contribution in [3.8, 4) is 0 Å². The monoisotopic (exact) mass is 408 g/mol. The number of hydrogen-bond donors (Lipinski definition) is 1. The summed E-state index contributed by atoms with van der Waals surface area (Å²) in [6, 6.07) is 8.67. The number of benzene rings is 1. The summed E-state index contributed by atoms with van der Waals surface area (Å²) < 4.78 is 6.75. The Labute approximate surface area is 171 Å². The molecule has 0 bridgehead atoms. The number of carbonyl (C=O) groups excluding carboxylic acids is 3. The van der Waals surface area contributed by atoms with Gasteiger partial charge in [-0.1, -0.05) is 12.1 Å². The Kier molecular flexibility index (Phi) is 4.49. The molecule has 154 valence electrons. The standard InChI is InChI=1S/C20H20N6O4/c1-11-9-10-21-19-23-15(24-26(11)19)17(28)30-12(2)16(27)25-14-8-6-5-7-13(14)22-18(29)20(25,3)4/h5-10,12H,1-4H3,(H,22,29)/t12-/m1/s1. The molecule has 0 saturated carbocycles. The van der Waals surface area contributed by atoms with Crippen molar-refractivity contribution >= 4 is 34.9 Å². The van der Waals surface area contributed by atoms with Crippen LogP contribution in [-0.4, -0.2) is 49.0 Å². The molecule has 1 N–H and O–H groups in total. The molecule has 4 rings (SSSR count). The Hall–Kier alpha value is -3.82. The molecule has 1 aliphatic rings. The van der Waals surface area contributed by atoms with Crippen molar-refractivity contribution in [2.45, 2.75) is 39.3 Å². The van der Waals surface area contributed by atoms with Crippen LogP contribution in [0.1, 0.15) is 37.1 Å². The number of hydrogen-bond acceptors (Lipinski definition) is 7. The van der Waals surface area contributed by atoms with Crippen LogP contribution in [0.3, 0.4) is 0 Å². The molecular formula is C20H20N6O4. The summed E-state index contributed by atoms with van der Waals surface area (Å²) in [6.45, 7) is 6.50. The van der Waals surface area contributed by atoms with Gasteiger partial charge in [-0.2, -0.15) is 4.98 Å². The summed E-state index contributed by atoms with van der Waals surface area (Å²) in [4.78, 5) is 47.8. The van der Waals surface area contributed by atoms with E-state index in [4.69, 9.17) is 4.74 Å². The van der Waals surface area contributed by atoms with Crippen molar-refractivity contribution in [2.75, 3.05) is 10.2 Å². The number of nitrogens with zero attached hydrogens (tertiary/aromatic N) is 5. The zero-order chi connectivity index (χ0) is 21.6. The van der Waals surface area contributed by atoms with Crippen LogP contribution in [0.15, 0.2) is 36.5 Å². The molecule has 0 aliphatic carbocycles. The summed E-state index contributed by atoms with van der Waals surface area (Å²) in [5, 5.41) is 6.88. The van der Waals surface area contributed by atoms with Gasteiger partial charge in [0.2, 0.25) is 5.91 Å². The number of fused-ring (bicyclic) bond motifs is 2. The van der Waals surface area contributed by atoms with Gasteiger partial charge in [-0.25, -0.2) is 14.3 Å². The molecule has 2 aromatic heterocycles. The minimum Gasteiger partial charge on any atom is -0.447 e. The highest BCUT2D eigenvalue weighted by Crippen LogP contribution is 2.37. The van der Waals surface area contributed by atoms with Crippen LogP contribution in [0.4, 0.5) is 11.4 Å². The van der Waals surface area contributed by atoms with Crippen molar-refractivity contribution < 1.29 is 19.1 Å². The lowest BCUT2D eigenvalue weighted by molar-refractivity contribution is -0.131. The fraction of sp³-hybridized carbons (Fsp3) is 0.300. The SMILES string of the molecule is Cc1ccnc2nc(C(=O)O[C@H](C)C(=O)N3c4ccccc4NC(=O)C3(C)C)nn12. The fourth-order valence-corrected chi connectivity index (χ4v) is 3.28. The maximum Gasteiger partial charge on any atom is 0.379 e. The Morgan fingerprint density at radius 2 is 1.93 bits per heavy atom. The van der Waals surface area contributed by atoms with Crippen LogP contribution in [0.25, 0.3) is 5.78 Å². The number of nitrogens with one attached hydrogen (secondary N) is 1. The van der Waals surface area contributed by atoms with Crippen LogP contribution in [-0.2, 0) is 14.3 Å². The lowest BCUT2D eigenvalue weighted by Gasteiger charge is -2.42. The third kappa shape index (κ3) is 3.06. The molecule has 0 fully saturated rings. The largest absolute Gasteiger partial charge is 0.447 e. The molecule has 0 radical (unpaired) electrons. The number of aryl methyl sites for hydroxylation is 1. The average Bonchev–Trinajstić information content (AvgIpc) is 3.14. The third-order valence-corrected chi connectivity index (χ3v) is 4.97. The molecule has 0 spiro atoms. The highest BCUT2D eigenvalue weighted by atomic mass is 16.5. The maximum atomic E-state index is 13.2. The average molecular weight is 408 g/mol. The van der Waals surface area contributed by atoms with Gasteiger partial charge in [0.25, 0.3) is 17.5 Å². The van der Waals surface area contributed by atoms with E-state index in [0.717, 1.165) is 5.69 Å². The molecule has 10 heteroatoms. The van der Waals surface area contributed by atoms with Gasteiger partial charge in [-0.05, 0) is 45.9 Å². The number of esters is 1. The normalized spacial score (nSPS) is 16.0. The Balaban J connectivity index is 1.60. The van der Waals surface area contributed by atoms with Gasteiger partial charge < -0.3 is 10.1 Å². The molecule has 10 nitrogen and oxygen atoms in total. The fourth-order valence-electron chi connectivity index (χ4n) is 3.28. The molecule has 1 aromatic carbocycles. The summed E-state index contributed by atoms with van der Waals surface area (Å²) in [5.74, 6) is -1.67. The first-order valence-corrected chi connectivity index (χ1v) is 9.34. The van der Waals surface area contributed by atoms with Gasteiger partial charge in [-0.3, -0.25) is 14.5 Å². The van der Waals surface area contributed by atoms with Crippen LogP contribution in [0.5, 0.6) is 0 Å². The van der Waals surface area contributed by atoms with Gasteiger partial charge in [0.15, 0.2) is 6.10 Å². The summed E-state index contributed by atoms with van der Waals surface area (Å²) >= 11 is 0. The highest BCUT2D eigenvalue weighted by molar-refractivity contribution is 6.15. The van der Waals surface area contributed by atoms with Crippen molar-refractivity contribution in [2.24, 2.45) is 0 Å². The van der Waals surface area contributed by atoms with E-state index in [0.29, 0.717) is 11.4 Å². The van der Waals surface area contributed by atoms with Gasteiger partial charge in [0.1, 0.15) is 5.54 Å². The second-order valence-electron chi connectivity index (χ2n) is 7.48. The zero-order valence-corrected chi connectivity index (χ0v) is 16.9. The Bertz CT molecular complexity index is 1190. The lowest BCUT2D eigenvalue weighted by atomic mass is 9.95. The molecular weight excluding hydrogens is 388 g/mol. The van der Waals surface area contributed by atoms with Crippen LogP contribution < -0.4 is 10.2 Å². The maximum absolute atomic E-state index is 13.2. The highest BCUT2D eigenvalue weighted by Gasteiger charge is 2.45. The van der Waals surface area contributed by atoms with E-state index in [2.05, 4.69) is 20.4 Å². The molecule has 30 heavy (non-hydrogen) atoms. The number of anilines is 2. The van der Waals surface area contributed by atoms with Gasteiger partial charge in [-0.15, -0.1) is 5.10 Å². The molecule has 3 aromatic rings. The number of rotatable bonds is 3. The summed E-state index contributed by atoms with van der Waals surface area (Å²) in [7, 11) is 0. The first kappa shape index (κ1) is 19.5. The van der Waals surface area contributed by atoms with Crippen molar-refractivity contribution in [1.29, 1.82) is 0 Å². The number of ether oxygens (including phenoxy) is 1. The predicted molar refractivity (Wildman–Crippen MR) is 107 cm³/mol. The van der Waals surface area contributed by atoms with Gasteiger partial charge in [0.05, 0.1) is 11.4 Å². The topological polar surface area (TPSA) is 119 Å². The number of carbonyl (C=O) groups is 3. The lowest BCUT2D eigenvalue weighted by Crippen LogP contribution is -2.60. The van der Waals surface area contributed by atoms with E-state index in [1.165, 1.54) is 16.3 Å².